The zero-order valence-electron chi connectivity index (χ0n) is 18.7. The summed E-state index contributed by atoms with van der Waals surface area (Å²) in [5.74, 6) is 1.74. The minimum atomic E-state index is -0.479. The van der Waals surface area contributed by atoms with E-state index in [2.05, 4.69) is 20.9 Å². The monoisotopic (exact) mass is 535 g/mol. The van der Waals surface area contributed by atoms with E-state index in [1.807, 2.05) is 39.8 Å². The molecule has 0 aliphatic carbocycles. The molecule has 0 aromatic carbocycles. The number of ether oxygens (including phenoxy) is 1. The molecule has 8 nitrogen and oxygen atoms in total. The van der Waals surface area contributed by atoms with Crippen molar-refractivity contribution in [1.29, 1.82) is 0 Å². The largest absolute Gasteiger partial charge is 0.468 e. The molecule has 30 heavy (non-hydrogen) atoms. The van der Waals surface area contributed by atoms with Gasteiger partial charge in [0.1, 0.15) is 11.4 Å². The molecule has 1 amide bonds. The predicted octanol–water partition coefficient (Wildman–Crippen LogP) is 3.50. The quantitative estimate of drug-likeness (QED) is 0.194. The van der Waals surface area contributed by atoms with Gasteiger partial charge in [0.15, 0.2) is 5.96 Å². The highest BCUT2D eigenvalue weighted by molar-refractivity contribution is 14.0. The maximum atomic E-state index is 11.7. The van der Waals surface area contributed by atoms with Gasteiger partial charge in [-0.3, -0.25) is 9.89 Å². The highest BCUT2D eigenvalue weighted by atomic mass is 127. The van der Waals surface area contributed by atoms with Crippen molar-refractivity contribution in [3.05, 3.63) is 24.2 Å². The first-order valence-corrected chi connectivity index (χ1v) is 10.7. The second kappa shape index (κ2) is 13.7. The van der Waals surface area contributed by atoms with Gasteiger partial charge in [-0.15, -0.1) is 24.0 Å². The Balaban J connectivity index is 0.00000450. The first-order chi connectivity index (χ1) is 13.9. The summed E-state index contributed by atoms with van der Waals surface area (Å²) < 4.78 is 10.9. The Labute approximate surface area is 197 Å². The molecule has 0 spiro atoms. The predicted molar refractivity (Wildman–Crippen MR) is 131 cm³/mol. The molecule has 1 unspecified atom stereocenters. The fourth-order valence-electron chi connectivity index (χ4n) is 3.24. The zero-order valence-corrected chi connectivity index (χ0v) is 21.0. The Morgan fingerprint density at radius 1 is 1.23 bits per heavy atom. The fraction of sp³-hybridized carbons (Fsp3) is 0.714. The molecule has 1 atom stereocenters. The van der Waals surface area contributed by atoms with Gasteiger partial charge in [0.05, 0.1) is 18.8 Å². The lowest BCUT2D eigenvalue weighted by Gasteiger charge is -2.24. The van der Waals surface area contributed by atoms with E-state index in [-0.39, 0.29) is 36.1 Å². The van der Waals surface area contributed by atoms with E-state index in [1.54, 1.807) is 6.26 Å². The van der Waals surface area contributed by atoms with Crippen LogP contribution in [-0.2, 0) is 4.74 Å². The number of guanidine groups is 1. The van der Waals surface area contributed by atoms with Gasteiger partial charge in [-0.05, 0) is 72.2 Å². The summed E-state index contributed by atoms with van der Waals surface area (Å²) in [5, 5.41) is 9.38. The van der Waals surface area contributed by atoms with Crippen LogP contribution < -0.4 is 16.0 Å². The Kier molecular flexibility index (Phi) is 12.2. The number of alkyl carbamates (subject to hydrolysis) is 1. The summed E-state index contributed by atoms with van der Waals surface area (Å²) in [6.45, 7) is 12.5. The summed E-state index contributed by atoms with van der Waals surface area (Å²) in [6, 6.07) is 4.13. The van der Waals surface area contributed by atoms with Crippen LogP contribution in [-0.4, -0.2) is 61.8 Å². The van der Waals surface area contributed by atoms with Crippen molar-refractivity contribution in [1.82, 2.24) is 20.9 Å². The van der Waals surface area contributed by atoms with Crippen LogP contribution in [0.4, 0.5) is 4.79 Å². The molecule has 3 N–H and O–H groups in total. The number of carbonyl (C=O) groups excluding carboxylic acids is 1. The second-order valence-corrected chi connectivity index (χ2v) is 8.20. The Morgan fingerprint density at radius 2 is 1.93 bits per heavy atom. The molecular weight excluding hydrogens is 497 g/mol. The highest BCUT2D eigenvalue weighted by Crippen LogP contribution is 2.25. The van der Waals surface area contributed by atoms with E-state index in [9.17, 15) is 4.79 Å². The number of hydrogen-bond donors (Lipinski definition) is 3. The lowest BCUT2D eigenvalue weighted by Crippen LogP contribution is -2.40. The molecule has 1 fully saturated rings. The first-order valence-electron chi connectivity index (χ1n) is 10.7. The molecular formula is C21H38IN5O3. The first kappa shape index (κ1) is 26.5. The molecule has 0 radical (unpaired) electrons. The molecule has 1 aliphatic heterocycles. The number of hydrogen-bond acceptors (Lipinski definition) is 5. The number of amides is 1. The van der Waals surface area contributed by atoms with Crippen molar-refractivity contribution in [2.24, 2.45) is 4.99 Å². The SMILES string of the molecule is CCNC(=NCC(c1ccco1)N1CCCC1)NCCCNC(=O)OC(C)(C)C.I. The number of likely N-dealkylation sites (tertiary alicyclic amines) is 1. The summed E-state index contributed by atoms with van der Waals surface area (Å²) in [5.41, 5.74) is -0.479. The van der Waals surface area contributed by atoms with Gasteiger partial charge >= 0.3 is 6.09 Å². The van der Waals surface area contributed by atoms with Crippen LogP contribution in [0, 0.1) is 0 Å². The van der Waals surface area contributed by atoms with Crippen molar-refractivity contribution in [2.75, 3.05) is 39.3 Å². The van der Waals surface area contributed by atoms with E-state index in [0.29, 0.717) is 19.6 Å². The molecule has 0 saturated carbocycles. The maximum absolute atomic E-state index is 11.7. The van der Waals surface area contributed by atoms with E-state index >= 15 is 0 Å². The highest BCUT2D eigenvalue weighted by Gasteiger charge is 2.25. The number of furan rings is 1. The van der Waals surface area contributed by atoms with Crippen LogP contribution in [0.15, 0.2) is 27.8 Å². The van der Waals surface area contributed by atoms with Gasteiger partial charge in [0, 0.05) is 19.6 Å². The number of nitrogens with one attached hydrogen (secondary N) is 3. The van der Waals surface area contributed by atoms with Crippen LogP contribution in [0.3, 0.4) is 0 Å². The molecule has 2 heterocycles. The summed E-state index contributed by atoms with van der Waals surface area (Å²) in [7, 11) is 0. The van der Waals surface area contributed by atoms with Crippen molar-refractivity contribution in [3.8, 4) is 0 Å². The molecule has 1 aromatic rings. The molecule has 172 valence electrons. The van der Waals surface area contributed by atoms with Crippen molar-refractivity contribution < 1.29 is 13.9 Å². The molecule has 0 bridgehead atoms. The number of rotatable bonds is 9. The number of halogens is 1. The lowest BCUT2D eigenvalue weighted by molar-refractivity contribution is 0.0527. The molecule has 1 saturated heterocycles. The van der Waals surface area contributed by atoms with E-state index in [4.69, 9.17) is 14.1 Å². The third-order valence-corrected chi connectivity index (χ3v) is 4.53. The average Bonchev–Trinajstić information content (AvgIpc) is 3.34. The molecule has 1 aliphatic rings. The van der Waals surface area contributed by atoms with Gasteiger partial charge in [0.2, 0.25) is 0 Å². The standard InChI is InChI=1S/C21H37N5O3.HI/c1-5-22-19(23-11-9-12-24-20(27)29-21(2,3)4)25-16-17(18-10-8-15-28-18)26-13-6-7-14-26;/h8,10,15,17H,5-7,9,11-14,16H2,1-4H3,(H,24,27)(H2,22,23,25);1H. The number of carbonyl (C=O) groups is 1. The van der Waals surface area contributed by atoms with Gasteiger partial charge < -0.3 is 25.1 Å². The Bertz CT molecular complexity index is 625. The van der Waals surface area contributed by atoms with Crippen LogP contribution in [0.5, 0.6) is 0 Å². The summed E-state index contributed by atoms with van der Waals surface area (Å²) in [6.07, 6.45) is 4.57. The third-order valence-electron chi connectivity index (χ3n) is 4.53. The molecule has 9 heteroatoms. The van der Waals surface area contributed by atoms with Crippen molar-refractivity contribution in [2.45, 2.75) is 58.6 Å². The van der Waals surface area contributed by atoms with Crippen molar-refractivity contribution >= 4 is 36.0 Å². The maximum Gasteiger partial charge on any atom is 0.407 e. The summed E-state index contributed by atoms with van der Waals surface area (Å²) >= 11 is 0. The van der Waals surface area contributed by atoms with Crippen LogP contribution >= 0.6 is 24.0 Å². The smallest absolute Gasteiger partial charge is 0.407 e. The van der Waals surface area contributed by atoms with Crippen molar-refractivity contribution in [3.63, 3.8) is 0 Å². The fourth-order valence-corrected chi connectivity index (χ4v) is 3.24. The summed E-state index contributed by atoms with van der Waals surface area (Å²) in [4.78, 5) is 18.9. The van der Waals surface area contributed by atoms with Crippen LogP contribution in [0.2, 0.25) is 0 Å². The van der Waals surface area contributed by atoms with E-state index in [0.717, 1.165) is 37.8 Å². The molecule has 2 rings (SSSR count). The lowest BCUT2D eigenvalue weighted by atomic mass is 10.2. The van der Waals surface area contributed by atoms with Crippen LogP contribution in [0.1, 0.15) is 58.8 Å². The number of nitrogens with zero attached hydrogens (tertiary/aromatic N) is 2. The van der Waals surface area contributed by atoms with Gasteiger partial charge in [-0.1, -0.05) is 0 Å². The van der Waals surface area contributed by atoms with E-state index in [1.165, 1.54) is 12.8 Å². The average molecular weight is 535 g/mol. The Morgan fingerprint density at radius 3 is 2.53 bits per heavy atom. The second-order valence-electron chi connectivity index (χ2n) is 8.20. The Hall–Kier alpha value is -1.49. The molecule has 1 aromatic heterocycles. The van der Waals surface area contributed by atoms with Gasteiger partial charge in [-0.2, -0.15) is 0 Å². The van der Waals surface area contributed by atoms with Gasteiger partial charge in [-0.25, -0.2) is 4.79 Å². The zero-order chi connectivity index (χ0) is 21.1. The minimum Gasteiger partial charge on any atom is -0.468 e. The topological polar surface area (TPSA) is 91.1 Å². The normalized spacial score (nSPS) is 15.9. The third kappa shape index (κ3) is 10.0. The van der Waals surface area contributed by atoms with Gasteiger partial charge in [0.25, 0.3) is 0 Å². The van der Waals surface area contributed by atoms with E-state index < -0.39 is 5.60 Å². The van der Waals surface area contributed by atoms with Crippen LogP contribution in [0.25, 0.3) is 0 Å². The minimum absolute atomic E-state index is 0. The number of aliphatic imine (C=N–C) groups is 1.